The lowest BCUT2D eigenvalue weighted by atomic mass is 9.85. The highest BCUT2D eigenvalue weighted by Crippen LogP contribution is 2.29. The number of nitrogens with two attached hydrogens (primary N) is 2. The number of primary amides is 2. The average Bonchev–Trinajstić information content (AvgIpc) is 1.79. The van der Waals surface area contributed by atoms with Crippen LogP contribution in [0.15, 0.2) is 103 Å². The van der Waals surface area contributed by atoms with Gasteiger partial charge in [0.05, 0.1) is 58.3 Å². The Kier molecular flexibility index (Phi) is 42.4. The summed E-state index contributed by atoms with van der Waals surface area (Å²) >= 11 is 0. The monoisotopic (exact) mass is 2040 g/mol. The van der Waals surface area contributed by atoms with E-state index in [0.29, 0.717) is 39.4 Å². The van der Waals surface area contributed by atoms with Gasteiger partial charge in [-0.05, 0) is 84.0 Å². The molecule has 2 aromatic heterocycles. The summed E-state index contributed by atoms with van der Waals surface area (Å²) in [5.74, 6) is -21.9. The van der Waals surface area contributed by atoms with E-state index in [0.717, 1.165) is 37.9 Å². The SMILES string of the molecule is CC(=O)N[C@@H](Cc1c[nH]c2ccccc12)C(=O)N[C@H](C(=O)N[C@H](C(=O)N[C@H]1CSSC[C@@H](C(=O)N[C@@H](Cc2c[nH]c3ccccc23)C(=O)N2CCC[C@H]2C(N)=O)NC(=O)[C@H](CC(=O)O)NC(=O)[C@H](CCCCNC(=O)CN2CCN(CC(=O)O)CCN(CC(=O)O)CCN(CC(=O)O)CC2)NC(=O)[C@H](Cc2ccc3ccccc3c2)NC(=O)[C@H](CC(N)=O)NC(=O)[C@H](CN2CCOCC2)NC1=O)C(C)(C)C)[C@@H](C)O. The molecule has 4 fully saturated rings. The van der Waals surface area contributed by atoms with Gasteiger partial charge in [0.2, 0.25) is 88.6 Å². The Morgan fingerprint density at radius 2 is 1.02 bits per heavy atom. The van der Waals surface area contributed by atoms with E-state index in [1.165, 1.54) is 39.5 Å². The van der Waals surface area contributed by atoms with E-state index < -0.39 is 253 Å². The molecule has 49 heteroatoms. The molecule has 10 rings (SSSR count). The van der Waals surface area contributed by atoms with Crippen molar-refractivity contribution >= 4 is 167 Å². The van der Waals surface area contributed by atoms with Gasteiger partial charge in [0.1, 0.15) is 72.5 Å². The van der Waals surface area contributed by atoms with Crippen LogP contribution in [-0.4, -0.2) is 392 Å². The maximum atomic E-state index is 15.7. The molecule has 4 aliphatic rings. The van der Waals surface area contributed by atoms with Crippen LogP contribution >= 0.6 is 21.6 Å². The number of para-hydroxylation sites is 2. The van der Waals surface area contributed by atoms with Crippen LogP contribution in [-0.2, 0) is 115 Å². The number of aliphatic hydroxyl groups is 1. The highest BCUT2D eigenvalue weighted by atomic mass is 33.1. The van der Waals surface area contributed by atoms with E-state index in [1.807, 2.05) is 0 Å². The van der Waals surface area contributed by atoms with Crippen LogP contribution in [0, 0.1) is 5.41 Å². The molecule has 0 radical (unpaired) electrons. The molecule has 6 heterocycles. The fraction of sp³-hybridized carbons (Fsp3) is 0.526. The molecule has 15 amide bonds. The number of aromatic nitrogens is 2. The Labute approximate surface area is 837 Å². The van der Waals surface area contributed by atoms with Crippen molar-refractivity contribution in [1.29, 1.82) is 0 Å². The number of carboxylic acid groups (broad SMARTS) is 4. The van der Waals surface area contributed by atoms with Gasteiger partial charge in [0, 0.05) is 157 Å². The second kappa shape index (κ2) is 54.3. The van der Waals surface area contributed by atoms with E-state index in [2.05, 4.69) is 73.8 Å². The van der Waals surface area contributed by atoms with Crippen LogP contribution in [0.5, 0.6) is 0 Å². The standard InChI is InChI=1S/C95H130N22O25S2/c1-54(118)81(110-88(135)67(101-55(2)119)41-59-45-99-63-19-10-8-17-61(59)63)92(139)111-82(95(3,4)5)93(140)109-73-53-144-143-52-72(90(137)106-70(94(141)117-26-14-22-74(117)83(97)130)42-60-46-100-64-20-11-9-18-62(60)64)108-87(134)69(44-77(122)123)105-84(131)65(21-12-13-25-98-76(121)48-112-27-29-113(49-78(124)125)31-33-115(51-80(128)129)34-32-114(30-28-112)50-79(126)127)102-85(132)66(40-56-23-24-57-15-6-7-16-58(57)39-56)103-86(133)68(43-75(96)120)104-89(136)71(107-91(73)138)47-116-35-37-142-38-36-116/h6-11,15-20,23-24,39,45-46,54,65-74,81-82,99-100,118H,12-14,21-22,25-38,40-44,47-53H2,1-5H3,(H2,96,120)(H2,97,130)(H,98,121)(H,101,119)(H,102,132)(H,103,133)(H,104,136)(H,105,131)(H,106,137)(H,107,138)(H,108,134)(H,109,140)(H,110,135)(H,111,139)(H,122,123)(H,124,125)(H,126,127)(H,128,129)/t54-,65+,66+,67+,68+,69+,70+,71+,72+,73+,74+,81+,82-/m1/s1. The van der Waals surface area contributed by atoms with Crippen molar-refractivity contribution in [2.24, 2.45) is 16.9 Å². The fourth-order valence-corrected chi connectivity index (χ4v) is 19.7. The molecule has 0 spiro atoms. The third-order valence-electron chi connectivity index (χ3n) is 25.0. The quantitative estimate of drug-likeness (QED) is 0.0130. The maximum absolute atomic E-state index is 15.7. The van der Waals surface area contributed by atoms with Gasteiger partial charge >= 0.3 is 23.9 Å². The molecular formula is C95H130N22O25S2. The number of nitrogens with zero attached hydrogens (tertiary/aromatic N) is 6. The van der Waals surface area contributed by atoms with E-state index in [4.69, 9.17) is 16.2 Å². The Hall–Kier alpha value is -13.4. The minimum atomic E-state index is -2.18. The first-order valence-electron chi connectivity index (χ1n) is 47.6. The molecule has 0 aliphatic carbocycles. The lowest BCUT2D eigenvalue weighted by Gasteiger charge is -2.34. The molecular weight excluding hydrogens is 1910 g/mol. The van der Waals surface area contributed by atoms with Crippen molar-refractivity contribution in [2.75, 3.05) is 136 Å². The largest absolute Gasteiger partial charge is 0.481 e. The molecule has 4 saturated heterocycles. The van der Waals surface area contributed by atoms with Crippen molar-refractivity contribution in [3.05, 3.63) is 120 Å². The number of aliphatic hydroxyl groups excluding tert-OH is 1. The van der Waals surface area contributed by atoms with Crippen LogP contribution in [0.4, 0.5) is 0 Å². The second-order valence-corrected chi connectivity index (χ2v) is 39.8. The number of likely N-dealkylation sites (tertiary alicyclic amines) is 1. The Balaban J connectivity index is 1.01. The van der Waals surface area contributed by atoms with Crippen molar-refractivity contribution in [3.63, 3.8) is 0 Å². The fourth-order valence-electron chi connectivity index (χ4n) is 17.4. The molecule has 13 atom stereocenters. The molecule has 47 nitrogen and oxygen atoms in total. The number of aliphatic carboxylic acids is 4. The molecule has 0 saturated carbocycles. The van der Waals surface area contributed by atoms with Gasteiger partial charge in [0.25, 0.3) is 0 Å². The highest BCUT2D eigenvalue weighted by molar-refractivity contribution is 8.76. The summed E-state index contributed by atoms with van der Waals surface area (Å²) in [5, 5.41) is 85.6. The van der Waals surface area contributed by atoms with Crippen molar-refractivity contribution in [3.8, 4) is 0 Å². The average molecular weight is 2040 g/mol. The number of carboxylic acids is 4. The Morgan fingerprint density at radius 3 is 1.58 bits per heavy atom. The van der Waals surface area contributed by atoms with Crippen LogP contribution in [0.2, 0.25) is 0 Å². The van der Waals surface area contributed by atoms with Crippen LogP contribution in [0.1, 0.15) is 96.3 Å². The number of hydrogen-bond donors (Lipinski definition) is 21. The summed E-state index contributed by atoms with van der Waals surface area (Å²) < 4.78 is 5.63. The molecule has 23 N–H and O–H groups in total. The number of amides is 15. The zero-order chi connectivity index (χ0) is 105. The van der Waals surface area contributed by atoms with E-state index in [9.17, 15) is 73.5 Å². The lowest BCUT2D eigenvalue weighted by molar-refractivity contribution is -0.142. The predicted molar refractivity (Wildman–Crippen MR) is 527 cm³/mol. The number of benzene rings is 4. The number of carbonyl (C=O) groups is 19. The normalized spacial score (nSPS) is 21.6. The lowest BCUT2D eigenvalue weighted by Crippen LogP contribution is -2.64. The number of nitrogens with one attached hydrogen (secondary N) is 14. The van der Waals surface area contributed by atoms with Gasteiger partial charge in [-0.2, -0.15) is 0 Å². The van der Waals surface area contributed by atoms with Crippen LogP contribution in [0.25, 0.3) is 32.6 Å². The van der Waals surface area contributed by atoms with Gasteiger partial charge < -0.3 is 120 Å². The molecule has 4 aliphatic heterocycles. The first kappa shape index (κ1) is 113. The maximum Gasteiger partial charge on any atom is 0.317 e. The second-order valence-electron chi connectivity index (χ2n) is 37.3. The number of rotatable bonds is 37. The van der Waals surface area contributed by atoms with Crippen LogP contribution in [0.3, 0.4) is 0 Å². The summed E-state index contributed by atoms with van der Waals surface area (Å²) in [6, 6.07) is 5.36. The van der Waals surface area contributed by atoms with Gasteiger partial charge in [-0.1, -0.05) is 121 Å². The zero-order valence-corrected chi connectivity index (χ0v) is 82.4. The Morgan fingerprint density at radius 1 is 0.514 bits per heavy atom. The smallest absolute Gasteiger partial charge is 0.317 e. The van der Waals surface area contributed by atoms with Crippen molar-refractivity contribution < 1.29 is 121 Å². The number of carbonyl (C=O) groups excluding carboxylic acids is 15. The van der Waals surface area contributed by atoms with Gasteiger partial charge in [0.15, 0.2) is 0 Å². The van der Waals surface area contributed by atoms with Gasteiger partial charge in [-0.25, -0.2) is 0 Å². The Bertz CT molecular complexity index is 5570. The molecule has 4 aromatic carbocycles. The molecule has 0 unspecified atom stereocenters. The highest BCUT2D eigenvalue weighted by Gasteiger charge is 2.44. The minimum Gasteiger partial charge on any atom is -0.481 e. The summed E-state index contributed by atoms with van der Waals surface area (Å²) in [6.45, 7) is 6.26. The van der Waals surface area contributed by atoms with E-state index in [-0.39, 0.29) is 137 Å². The van der Waals surface area contributed by atoms with Crippen molar-refractivity contribution in [2.45, 2.75) is 177 Å². The molecule has 6 aromatic rings. The van der Waals surface area contributed by atoms with Gasteiger partial charge in [-0.15, -0.1) is 0 Å². The van der Waals surface area contributed by atoms with E-state index >= 15 is 43.2 Å². The summed E-state index contributed by atoms with van der Waals surface area (Å²) in [5.41, 5.74) is 13.2. The minimum absolute atomic E-state index is 0.0149. The molecule has 144 heavy (non-hydrogen) atoms. The third kappa shape index (κ3) is 34.7. The zero-order valence-electron chi connectivity index (χ0n) is 80.8. The number of aromatic amines is 2. The van der Waals surface area contributed by atoms with Crippen LogP contribution < -0.4 is 75.3 Å². The third-order valence-corrected chi connectivity index (χ3v) is 27.5. The number of fused-ring (bicyclic) bond motifs is 3. The predicted octanol–water partition coefficient (Wildman–Crippen LogP) is -4.07. The first-order chi connectivity index (χ1) is 68.5. The molecule has 0 bridgehead atoms. The number of H-pyrrole nitrogens is 2. The van der Waals surface area contributed by atoms with E-state index in [1.54, 1.807) is 128 Å². The topological polar surface area (TPSA) is 682 Å². The summed E-state index contributed by atoms with van der Waals surface area (Å²) in [6.07, 6.45) is -1.42. The first-order valence-corrected chi connectivity index (χ1v) is 50.0. The van der Waals surface area contributed by atoms with Gasteiger partial charge in [-0.3, -0.25) is 116 Å². The number of hydrogen-bond acceptors (Lipinski definition) is 28. The summed E-state index contributed by atoms with van der Waals surface area (Å²) in [7, 11) is 1.50. The number of morpholine rings is 1. The van der Waals surface area contributed by atoms with Crippen molar-refractivity contribution in [1.82, 2.24) is 103 Å². The number of unbranched alkanes of at least 4 members (excludes halogenated alkanes) is 1. The summed E-state index contributed by atoms with van der Waals surface area (Å²) in [4.78, 5) is 287. The molecule has 782 valence electrons. The number of ether oxygens (including phenoxy) is 1.